The summed E-state index contributed by atoms with van der Waals surface area (Å²) in [5.41, 5.74) is 3.62. The Bertz CT molecular complexity index is 926. The van der Waals surface area contributed by atoms with Crippen LogP contribution in [0.15, 0.2) is 24.3 Å². The highest BCUT2D eigenvalue weighted by molar-refractivity contribution is 5.98. The average Bonchev–Trinajstić information content (AvgIpc) is 3.06. The molecule has 0 saturated carbocycles. The van der Waals surface area contributed by atoms with Crippen LogP contribution in [0.25, 0.3) is 0 Å². The molecular weight excluding hydrogens is 378 g/mol. The molecule has 2 aliphatic heterocycles. The molecule has 3 heterocycles. The molecule has 1 atom stereocenters. The summed E-state index contributed by atoms with van der Waals surface area (Å²) in [5, 5.41) is 3.46. The van der Waals surface area contributed by atoms with Crippen molar-refractivity contribution in [3.8, 4) is 0 Å². The third kappa shape index (κ3) is 3.86. The maximum absolute atomic E-state index is 13.0. The second kappa shape index (κ2) is 8.22. The minimum absolute atomic E-state index is 0.0252. The Morgan fingerprint density at radius 3 is 2.50 bits per heavy atom. The van der Waals surface area contributed by atoms with Gasteiger partial charge in [0.15, 0.2) is 0 Å². The minimum atomic E-state index is -0.0252. The van der Waals surface area contributed by atoms with Gasteiger partial charge in [0.1, 0.15) is 11.5 Å². The van der Waals surface area contributed by atoms with E-state index in [9.17, 15) is 4.79 Å². The van der Waals surface area contributed by atoms with Gasteiger partial charge in [-0.3, -0.25) is 4.79 Å². The molecule has 2 aromatic rings. The van der Waals surface area contributed by atoms with Gasteiger partial charge < -0.3 is 19.9 Å². The summed E-state index contributed by atoms with van der Waals surface area (Å²) in [6.45, 7) is 13.0. The molecule has 2 aliphatic rings. The monoisotopic (exact) mass is 409 g/mol. The van der Waals surface area contributed by atoms with Gasteiger partial charge in [0.05, 0.1) is 25.8 Å². The molecule has 0 spiro atoms. The molecule has 0 aliphatic carbocycles. The Balaban J connectivity index is 1.73. The fourth-order valence-electron chi connectivity index (χ4n) is 3.94. The number of benzene rings is 1. The predicted molar refractivity (Wildman–Crippen MR) is 118 cm³/mol. The lowest BCUT2D eigenvalue weighted by atomic mass is 10.0. The maximum Gasteiger partial charge on any atom is 0.273 e. The van der Waals surface area contributed by atoms with E-state index in [-0.39, 0.29) is 18.0 Å². The first-order valence-electron chi connectivity index (χ1n) is 10.8. The van der Waals surface area contributed by atoms with Crippen LogP contribution in [0.2, 0.25) is 0 Å². The van der Waals surface area contributed by atoms with E-state index in [0.29, 0.717) is 49.7 Å². The number of hydrogen-bond donors (Lipinski definition) is 1. The Kier molecular flexibility index (Phi) is 5.64. The third-order valence-corrected chi connectivity index (χ3v) is 5.88. The molecule has 1 fully saturated rings. The highest BCUT2D eigenvalue weighted by Crippen LogP contribution is 2.33. The number of ether oxygens (including phenoxy) is 1. The largest absolute Gasteiger partial charge is 0.377 e. The van der Waals surface area contributed by atoms with Crippen LogP contribution >= 0.6 is 0 Å². The van der Waals surface area contributed by atoms with E-state index in [2.05, 4.69) is 55.3 Å². The molecule has 0 radical (unpaired) electrons. The zero-order valence-electron chi connectivity index (χ0n) is 18.5. The highest BCUT2D eigenvalue weighted by Gasteiger charge is 2.35. The number of amides is 1. The number of rotatable bonds is 5. The van der Waals surface area contributed by atoms with Crippen LogP contribution in [-0.4, -0.2) is 52.6 Å². The van der Waals surface area contributed by atoms with E-state index < -0.39 is 0 Å². The molecule has 7 heteroatoms. The maximum atomic E-state index is 13.0. The van der Waals surface area contributed by atoms with Crippen molar-refractivity contribution in [1.29, 1.82) is 0 Å². The van der Waals surface area contributed by atoms with Gasteiger partial charge in [-0.05, 0) is 44.4 Å². The van der Waals surface area contributed by atoms with E-state index in [4.69, 9.17) is 14.7 Å². The zero-order valence-corrected chi connectivity index (χ0v) is 18.5. The standard InChI is InChI=1S/C23H31N5O2/c1-14(2)17-6-8-18(9-7-17)24-21-19-12-28(15(3)4)22(29)20(19)25-23(26-21)27-10-11-30-13-16(27)5/h6-9,14-16H,10-13H2,1-5H3,(H,24,25,26). The molecule has 4 rings (SSSR count). The summed E-state index contributed by atoms with van der Waals surface area (Å²) in [7, 11) is 0. The van der Waals surface area contributed by atoms with Gasteiger partial charge in [0, 0.05) is 23.8 Å². The number of carbonyl (C=O) groups excluding carboxylic acids is 1. The summed E-state index contributed by atoms with van der Waals surface area (Å²) in [5.74, 6) is 1.75. The quantitative estimate of drug-likeness (QED) is 0.807. The first-order chi connectivity index (χ1) is 14.3. The number of nitrogens with one attached hydrogen (secondary N) is 1. The molecule has 160 valence electrons. The lowest BCUT2D eigenvalue weighted by Gasteiger charge is -2.33. The molecule has 1 N–H and O–H groups in total. The van der Waals surface area contributed by atoms with Crippen molar-refractivity contribution in [3.05, 3.63) is 41.1 Å². The molecule has 1 aromatic heterocycles. The lowest BCUT2D eigenvalue weighted by molar-refractivity contribution is 0.0726. The number of carbonyl (C=O) groups is 1. The van der Waals surface area contributed by atoms with E-state index in [1.54, 1.807) is 0 Å². The van der Waals surface area contributed by atoms with Gasteiger partial charge in [-0.1, -0.05) is 26.0 Å². The van der Waals surface area contributed by atoms with Crippen LogP contribution in [0.1, 0.15) is 62.2 Å². The van der Waals surface area contributed by atoms with Crippen LogP contribution in [-0.2, 0) is 11.3 Å². The Labute approximate surface area is 178 Å². The molecule has 7 nitrogen and oxygen atoms in total. The van der Waals surface area contributed by atoms with Gasteiger partial charge in [0.2, 0.25) is 5.95 Å². The van der Waals surface area contributed by atoms with E-state index in [1.807, 2.05) is 18.7 Å². The molecular formula is C23H31N5O2. The van der Waals surface area contributed by atoms with Crippen molar-refractivity contribution in [1.82, 2.24) is 14.9 Å². The summed E-state index contributed by atoms with van der Waals surface area (Å²) in [4.78, 5) is 26.6. The van der Waals surface area contributed by atoms with Crippen LogP contribution < -0.4 is 10.2 Å². The summed E-state index contributed by atoms with van der Waals surface area (Å²) in [6.07, 6.45) is 0. The minimum Gasteiger partial charge on any atom is -0.377 e. The van der Waals surface area contributed by atoms with Crippen LogP contribution in [0.5, 0.6) is 0 Å². The number of hydrogen-bond acceptors (Lipinski definition) is 6. The van der Waals surface area contributed by atoms with Crippen molar-refractivity contribution >= 4 is 23.4 Å². The van der Waals surface area contributed by atoms with E-state index >= 15 is 0 Å². The van der Waals surface area contributed by atoms with Crippen LogP contribution in [0.4, 0.5) is 17.5 Å². The van der Waals surface area contributed by atoms with Crippen LogP contribution in [0, 0.1) is 0 Å². The summed E-state index contributed by atoms with van der Waals surface area (Å²) >= 11 is 0. The SMILES string of the molecule is CC(C)c1ccc(Nc2nc(N3CCOCC3C)nc3c2CN(C(C)C)C3=O)cc1. The predicted octanol–water partition coefficient (Wildman–Crippen LogP) is 3.93. The van der Waals surface area contributed by atoms with Crippen molar-refractivity contribution in [3.63, 3.8) is 0 Å². The van der Waals surface area contributed by atoms with Crippen molar-refractivity contribution in [2.45, 2.75) is 59.2 Å². The normalized spacial score (nSPS) is 19.0. The number of nitrogens with zero attached hydrogens (tertiary/aromatic N) is 4. The fourth-order valence-corrected chi connectivity index (χ4v) is 3.94. The Hall–Kier alpha value is -2.67. The second-order valence-electron chi connectivity index (χ2n) is 8.75. The van der Waals surface area contributed by atoms with Crippen molar-refractivity contribution in [2.75, 3.05) is 30.0 Å². The van der Waals surface area contributed by atoms with Crippen molar-refractivity contribution < 1.29 is 9.53 Å². The van der Waals surface area contributed by atoms with Gasteiger partial charge >= 0.3 is 0 Å². The number of fused-ring (bicyclic) bond motifs is 1. The Morgan fingerprint density at radius 2 is 1.87 bits per heavy atom. The lowest BCUT2D eigenvalue weighted by Crippen LogP contribution is -2.44. The first kappa shape index (κ1) is 20.6. The van der Waals surface area contributed by atoms with Crippen LogP contribution in [0.3, 0.4) is 0 Å². The topological polar surface area (TPSA) is 70.6 Å². The smallest absolute Gasteiger partial charge is 0.273 e. The van der Waals surface area contributed by atoms with Gasteiger partial charge in [-0.2, -0.15) is 4.98 Å². The molecule has 1 aromatic carbocycles. The van der Waals surface area contributed by atoms with Gasteiger partial charge in [0.25, 0.3) is 5.91 Å². The molecule has 1 saturated heterocycles. The van der Waals surface area contributed by atoms with E-state index in [1.165, 1.54) is 5.56 Å². The molecule has 30 heavy (non-hydrogen) atoms. The van der Waals surface area contributed by atoms with E-state index in [0.717, 1.165) is 11.3 Å². The first-order valence-corrected chi connectivity index (χ1v) is 10.8. The molecule has 0 bridgehead atoms. The molecule has 1 unspecified atom stereocenters. The summed E-state index contributed by atoms with van der Waals surface area (Å²) in [6, 6.07) is 8.66. The summed E-state index contributed by atoms with van der Waals surface area (Å²) < 4.78 is 5.56. The number of morpholine rings is 1. The molecule has 1 amide bonds. The number of anilines is 3. The van der Waals surface area contributed by atoms with Gasteiger partial charge in [-0.25, -0.2) is 4.98 Å². The van der Waals surface area contributed by atoms with Crippen molar-refractivity contribution in [2.24, 2.45) is 0 Å². The zero-order chi connectivity index (χ0) is 21.4. The highest BCUT2D eigenvalue weighted by atomic mass is 16.5. The fraction of sp³-hybridized carbons (Fsp3) is 0.522. The van der Waals surface area contributed by atoms with Gasteiger partial charge in [-0.15, -0.1) is 0 Å². The Morgan fingerprint density at radius 1 is 1.13 bits per heavy atom. The average molecular weight is 410 g/mol. The third-order valence-electron chi connectivity index (χ3n) is 5.88. The number of aromatic nitrogens is 2. The second-order valence-corrected chi connectivity index (χ2v) is 8.75.